The fourth-order valence-electron chi connectivity index (χ4n) is 1.06. The van der Waals surface area contributed by atoms with E-state index in [-0.39, 0.29) is 22.8 Å². The Morgan fingerprint density at radius 3 is 2.87 bits per heavy atom. The van der Waals surface area contributed by atoms with Crippen LogP contribution < -0.4 is 0 Å². The summed E-state index contributed by atoms with van der Waals surface area (Å²) in [5.41, 5.74) is 0.412. The lowest BCUT2D eigenvalue weighted by Crippen LogP contribution is -2.09. The SMILES string of the molecule is CCOC(=O)c1c(I)ccc(Cl)c1C#N. The van der Waals surface area contributed by atoms with Crippen molar-refractivity contribution >= 4 is 40.2 Å². The largest absolute Gasteiger partial charge is 0.462 e. The van der Waals surface area contributed by atoms with Gasteiger partial charge in [0, 0.05) is 3.57 Å². The monoisotopic (exact) mass is 335 g/mol. The molecule has 0 aliphatic carbocycles. The molecule has 5 heteroatoms. The number of carbonyl (C=O) groups excluding carboxylic acids is 1. The molecule has 1 aromatic rings. The number of benzene rings is 1. The summed E-state index contributed by atoms with van der Waals surface area (Å²) >= 11 is 7.78. The molecule has 0 saturated heterocycles. The number of carbonyl (C=O) groups is 1. The van der Waals surface area contributed by atoms with Crippen molar-refractivity contribution in [3.63, 3.8) is 0 Å². The van der Waals surface area contributed by atoms with E-state index in [9.17, 15) is 4.79 Å². The van der Waals surface area contributed by atoms with Gasteiger partial charge in [-0.1, -0.05) is 11.6 Å². The van der Waals surface area contributed by atoms with Crippen molar-refractivity contribution in [1.29, 1.82) is 5.26 Å². The summed E-state index contributed by atoms with van der Waals surface area (Å²) in [5.74, 6) is -0.513. The average molecular weight is 336 g/mol. The smallest absolute Gasteiger partial charge is 0.340 e. The Balaban J connectivity index is 3.33. The van der Waals surface area contributed by atoms with Crippen LogP contribution >= 0.6 is 34.2 Å². The molecule has 3 nitrogen and oxygen atoms in total. The van der Waals surface area contributed by atoms with Gasteiger partial charge in [-0.25, -0.2) is 4.79 Å². The average Bonchev–Trinajstić information content (AvgIpc) is 2.21. The van der Waals surface area contributed by atoms with E-state index in [1.807, 2.05) is 28.7 Å². The Hall–Kier alpha value is -0.800. The second-order valence-corrected chi connectivity index (χ2v) is 4.18. The van der Waals surface area contributed by atoms with E-state index >= 15 is 0 Å². The quantitative estimate of drug-likeness (QED) is 0.617. The number of hydrogen-bond donors (Lipinski definition) is 0. The van der Waals surface area contributed by atoms with Gasteiger partial charge in [-0.3, -0.25) is 0 Å². The maximum absolute atomic E-state index is 11.6. The number of nitriles is 1. The zero-order valence-electron chi connectivity index (χ0n) is 7.88. The molecular weight excluding hydrogens is 328 g/mol. The van der Waals surface area contributed by atoms with E-state index in [0.29, 0.717) is 3.57 Å². The lowest BCUT2D eigenvalue weighted by Gasteiger charge is -2.07. The van der Waals surface area contributed by atoms with E-state index in [1.165, 1.54) is 0 Å². The predicted octanol–water partition coefficient (Wildman–Crippen LogP) is 2.99. The van der Waals surface area contributed by atoms with Gasteiger partial charge in [0.1, 0.15) is 6.07 Å². The molecule has 0 N–H and O–H groups in total. The van der Waals surface area contributed by atoms with Crippen LogP contribution in [0.15, 0.2) is 12.1 Å². The maximum Gasteiger partial charge on any atom is 0.340 e. The van der Waals surface area contributed by atoms with Crippen LogP contribution in [0.3, 0.4) is 0 Å². The molecule has 0 radical (unpaired) electrons. The number of esters is 1. The van der Waals surface area contributed by atoms with Gasteiger partial charge in [-0.15, -0.1) is 0 Å². The predicted molar refractivity (Wildman–Crippen MR) is 64.8 cm³/mol. The van der Waals surface area contributed by atoms with Gasteiger partial charge in [0.15, 0.2) is 0 Å². The minimum atomic E-state index is -0.513. The molecular formula is C10H7ClINO2. The first-order valence-corrected chi connectivity index (χ1v) is 5.62. The Kier molecular flexibility index (Phi) is 4.36. The molecule has 0 saturated carbocycles. The molecule has 0 fully saturated rings. The third-order valence-electron chi connectivity index (χ3n) is 1.70. The van der Waals surface area contributed by atoms with E-state index < -0.39 is 5.97 Å². The topological polar surface area (TPSA) is 50.1 Å². The Bertz CT molecular complexity index is 440. The van der Waals surface area contributed by atoms with E-state index in [0.717, 1.165) is 0 Å². The van der Waals surface area contributed by atoms with Crippen LogP contribution in [0.25, 0.3) is 0 Å². The summed E-state index contributed by atoms with van der Waals surface area (Å²) in [6.45, 7) is 1.98. The number of nitrogens with zero attached hydrogens (tertiary/aromatic N) is 1. The Morgan fingerprint density at radius 2 is 2.33 bits per heavy atom. The van der Waals surface area contributed by atoms with E-state index in [4.69, 9.17) is 21.6 Å². The fourth-order valence-corrected chi connectivity index (χ4v) is 1.93. The van der Waals surface area contributed by atoms with Crippen molar-refractivity contribution in [2.24, 2.45) is 0 Å². The van der Waals surface area contributed by atoms with Gasteiger partial charge in [-0.05, 0) is 41.6 Å². The summed E-state index contributed by atoms with van der Waals surface area (Å²) in [6, 6.07) is 5.17. The van der Waals surface area contributed by atoms with Crippen LogP contribution in [0.5, 0.6) is 0 Å². The summed E-state index contributed by atoms with van der Waals surface area (Å²) in [6.07, 6.45) is 0. The fraction of sp³-hybridized carbons (Fsp3) is 0.200. The lowest BCUT2D eigenvalue weighted by atomic mass is 10.1. The van der Waals surface area contributed by atoms with Crippen LogP contribution in [0.2, 0.25) is 5.02 Å². The Morgan fingerprint density at radius 1 is 1.67 bits per heavy atom. The normalized spacial score (nSPS) is 9.47. The molecule has 1 aromatic carbocycles. The van der Waals surface area contributed by atoms with Crippen molar-refractivity contribution in [3.05, 3.63) is 31.9 Å². The highest BCUT2D eigenvalue weighted by Crippen LogP contribution is 2.24. The highest BCUT2D eigenvalue weighted by molar-refractivity contribution is 14.1. The van der Waals surface area contributed by atoms with E-state index in [1.54, 1.807) is 19.1 Å². The number of rotatable bonds is 2. The number of ether oxygens (including phenoxy) is 1. The van der Waals surface area contributed by atoms with Crippen LogP contribution in [-0.4, -0.2) is 12.6 Å². The van der Waals surface area contributed by atoms with Gasteiger partial charge in [0.25, 0.3) is 0 Å². The zero-order valence-corrected chi connectivity index (χ0v) is 10.8. The first kappa shape index (κ1) is 12.3. The lowest BCUT2D eigenvalue weighted by molar-refractivity contribution is 0.0525. The molecule has 0 aromatic heterocycles. The summed E-state index contributed by atoms with van der Waals surface area (Å²) in [4.78, 5) is 11.6. The van der Waals surface area contributed by atoms with Crippen molar-refractivity contribution in [2.75, 3.05) is 6.61 Å². The van der Waals surface area contributed by atoms with Crippen LogP contribution in [0.1, 0.15) is 22.8 Å². The van der Waals surface area contributed by atoms with Crippen molar-refractivity contribution in [2.45, 2.75) is 6.92 Å². The van der Waals surface area contributed by atoms with Crippen molar-refractivity contribution in [3.8, 4) is 6.07 Å². The molecule has 78 valence electrons. The minimum absolute atomic E-state index is 0.169. The van der Waals surface area contributed by atoms with Crippen molar-refractivity contribution < 1.29 is 9.53 Å². The van der Waals surface area contributed by atoms with Gasteiger partial charge < -0.3 is 4.74 Å². The molecule has 0 unspecified atom stereocenters. The zero-order chi connectivity index (χ0) is 11.4. The van der Waals surface area contributed by atoms with E-state index in [2.05, 4.69) is 0 Å². The molecule has 0 spiro atoms. The maximum atomic E-state index is 11.6. The molecule has 0 aliphatic rings. The second kappa shape index (κ2) is 5.33. The van der Waals surface area contributed by atoms with Crippen LogP contribution in [-0.2, 0) is 4.74 Å². The highest BCUT2D eigenvalue weighted by Gasteiger charge is 2.18. The first-order chi connectivity index (χ1) is 7.11. The minimum Gasteiger partial charge on any atom is -0.462 e. The first-order valence-electron chi connectivity index (χ1n) is 4.17. The standard InChI is InChI=1S/C10H7ClINO2/c1-2-15-10(14)9-6(5-13)7(11)3-4-8(9)12/h3-4H,2H2,1H3. The number of halogens is 2. The third kappa shape index (κ3) is 2.61. The van der Waals surface area contributed by atoms with Gasteiger partial charge in [0.05, 0.1) is 22.8 Å². The van der Waals surface area contributed by atoms with Gasteiger partial charge in [0.2, 0.25) is 0 Å². The molecule has 0 heterocycles. The van der Waals surface area contributed by atoms with Gasteiger partial charge in [-0.2, -0.15) is 5.26 Å². The summed E-state index contributed by atoms with van der Waals surface area (Å²) in [7, 11) is 0. The van der Waals surface area contributed by atoms with Crippen LogP contribution in [0, 0.1) is 14.9 Å². The second-order valence-electron chi connectivity index (χ2n) is 2.61. The van der Waals surface area contributed by atoms with Gasteiger partial charge >= 0.3 is 5.97 Å². The van der Waals surface area contributed by atoms with Crippen LogP contribution in [0.4, 0.5) is 0 Å². The molecule has 15 heavy (non-hydrogen) atoms. The highest BCUT2D eigenvalue weighted by atomic mass is 127. The third-order valence-corrected chi connectivity index (χ3v) is 2.91. The molecule has 0 aliphatic heterocycles. The molecule has 1 rings (SSSR count). The Labute approximate surface area is 106 Å². The molecule has 0 bridgehead atoms. The summed E-state index contributed by atoms with van der Waals surface area (Å²) < 4.78 is 5.51. The number of hydrogen-bond acceptors (Lipinski definition) is 3. The summed E-state index contributed by atoms with van der Waals surface area (Å²) in [5, 5.41) is 9.16. The molecule has 0 atom stereocenters. The molecule has 0 amide bonds. The van der Waals surface area contributed by atoms with Crippen molar-refractivity contribution in [1.82, 2.24) is 0 Å².